The van der Waals surface area contributed by atoms with Crippen LogP contribution in [0.5, 0.6) is 0 Å². The Labute approximate surface area is 199 Å². The number of halogens is 1. The van der Waals surface area contributed by atoms with E-state index in [0.29, 0.717) is 12.0 Å². The molecule has 0 saturated carbocycles. The highest BCUT2D eigenvalue weighted by Crippen LogP contribution is 2.29. The van der Waals surface area contributed by atoms with Crippen molar-refractivity contribution in [2.24, 2.45) is 10.9 Å². The summed E-state index contributed by atoms with van der Waals surface area (Å²) in [6, 6.07) is 10.8. The van der Waals surface area contributed by atoms with Crippen LogP contribution in [0.2, 0.25) is 0 Å². The summed E-state index contributed by atoms with van der Waals surface area (Å²) in [5.41, 5.74) is 2.25. The lowest BCUT2D eigenvalue weighted by atomic mass is 9.93. The number of piperidine rings is 1. The first kappa shape index (κ1) is 22.7. The highest BCUT2D eigenvalue weighted by atomic mass is 127. The van der Waals surface area contributed by atoms with Gasteiger partial charge in [0.25, 0.3) is 0 Å². The summed E-state index contributed by atoms with van der Waals surface area (Å²) in [6.07, 6.45) is 6.98. The molecule has 1 saturated heterocycles. The first-order valence-corrected chi connectivity index (χ1v) is 10.9. The predicted molar refractivity (Wildman–Crippen MR) is 135 cm³/mol. The molecule has 6 nitrogen and oxygen atoms in total. The maximum atomic E-state index is 4.77. The van der Waals surface area contributed by atoms with E-state index in [2.05, 4.69) is 69.1 Å². The van der Waals surface area contributed by atoms with Gasteiger partial charge in [0.1, 0.15) is 5.01 Å². The Morgan fingerprint density at radius 2 is 2.10 bits per heavy atom. The van der Waals surface area contributed by atoms with Gasteiger partial charge in [0.05, 0.1) is 24.6 Å². The van der Waals surface area contributed by atoms with Gasteiger partial charge >= 0.3 is 0 Å². The molecule has 0 bridgehead atoms. The Kier molecular flexibility index (Phi) is 7.87. The maximum absolute atomic E-state index is 4.77. The van der Waals surface area contributed by atoms with Gasteiger partial charge in [0, 0.05) is 43.0 Å². The fourth-order valence-corrected chi connectivity index (χ4v) is 4.89. The number of benzene rings is 1. The van der Waals surface area contributed by atoms with Crippen molar-refractivity contribution in [1.29, 1.82) is 0 Å². The lowest BCUT2D eigenvalue weighted by molar-refractivity contribution is 0.189. The number of nitrogens with zero attached hydrogens (tertiary/aromatic N) is 5. The molecule has 3 aromatic rings. The van der Waals surface area contributed by atoms with Crippen molar-refractivity contribution in [3.05, 3.63) is 59.6 Å². The fraction of sp³-hybridized carbons (Fsp3) is 0.409. The van der Waals surface area contributed by atoms with Crippen LogP contribution in [0.25, 0.3) is 10.6 Å². The molecule has 0 radical (unpaired) electrons. The number of hydrogen-bond acceptors (Lipinski definition) is 4. The third-order valence-electron chi connectivity index (χ3n) is 5.66. The van der Waals surface area contributed by atoms with Crippen LogP contribution < -0.4 is 5.32 Å². The average molecular weight is 536 g/mol. The summed E-state index contributed by atoms with van der Waals surface area (Å²) in [5.74, 6) is 1.58. The Bertz CT molecular complexity index is 953. The molecule has 2 unspecified atom stereocenters. The van der Waals surface area contributed by atoms with Crippen molar-refractivity contribution < 1.29 is 0 Å². The van der Waals surface area contributed by atoms with Crippen LogP contribution in [-0.2, 0) is 6.54 Å². The molecule has 160 valence electrons. The first-order valence-electron chi connectivity index (χ1n) is 10.1. The number of nitrogens with one attached hydrogen (secondary N) is 1. The number of rotatable bonds is 4. The standard InChI is InChI=1S/C22H28N6S.HI/c1-16-9-11-27(14-19(16)28-12-10-24-15-28)22(23-3)25-13-20-17(2)26-21(29-20)18-7-5-4-6-8-18;/h4-8,10,12,15-16,19H,9,11,13-14H2,1-3H3,(H,23,25);1H. The molecule has 8 heteroatoms. The van der Waals surface area contributed by atoms with Crippen LogP contribution in [0.4, 0.5) is 0 Å². The summed E-state index contributed by atoms with van der Waals surface area (Å²) in [5, 5.41) is 4.63. The van der Waals surface area contributed by atoms with Gasteiger partial charge in [-0.25, -0.2) is 9.97 Å². The second-order valence-electron chi connectivity index (χ2n) is 7.58. The number of aryl methyl sites for hydroxylation is 1. The van der Waals surface area contributed by atoms with E-state index in [9.17, 15) is 0 Å². The summed E-state index contributed by atoms with van der Waals surface area (Å²) >= 11 is 1.75. The van der Waals surface area contributed by atoms with Crippen molar-refractivity contribution in [1.82, 2.24) is 24.8 Å². The molecule has 4 rings (SSSR count). The molecule has 1 N–H and O–H groups in total. The van der Waals surface area contributed by atoms with Crippen molar-refractivity contribution in [3.8, 4) is 10.6 Å². The molecular weight excluding hydrogens is 507 g/mol. The molecule has 0 amide bonds. The smallest absolute Gasteiger partial charge is 0.194 e. The molecule has 1 aromatic carbocycles. The third-order valence-corrected chi connectivity index (χ3v) is 6.86. The number of hydrogen-bond donors (Lipinski definition) is 1. The van der Waals surface area contributed by atoms with Crippen LogP contribution in [0.15, 0.2) is 54.0 Å². The van der Waals surface area contributed by atoms with Gasteiger partial charge in [-0.15, -0.1) is 35.3 Å². The minimum absolute atomic E-state index is 0. The van der Waals surface area contributed by atoms with Gasteiger partial charge in [-0.2, -0.15) is 0 Å². The lowest BCUT2D eigenvalue weighted by Gasteiger charge is -2.39. The van der Waals surface area contributed by atoms with Gasteiger partial charge in [-0.1, -0.05) is 37.3 Å². The Balaban J connectivity index is 0.00000256. The Morgan fingerprint density at radius 3 is 2.80 bits per heavy atom. The number of imidazole rings is 1. The van der Waals surface area contributed by atoms with Crippen LogP contribution in [-0.4, -0.2) is 45.5 Å². The zero-order valence-corrected chi connectivity index (χ0v) is 20.8. The number of likely N-dealkylation sites (tertiary alicyclic amines) is 1. The van der Waals surface area contributed by atoms with Gasteiger partial charge in [0.15, 0.2) is 5.96 Å². The SMILES string of the molecule is CN=C(NCc1sc(-c2ccccc2)nc1C)N1CCC(C)C(n2ccnc2)C1.I. The summed E-state index contributed by atoms with van der Waals surface area (Å²) in [4.78, 5) is 17.2. The topological polar surface area (TPSA) is 58.3 Å². The molecule has 1 fully saturated rings. The Hall–Kier alpha value is -1.94. The Morgan fingerprint density at radius 1 is 1.30 bits per heavy atom. The van der Waals surface area contributed by atoms with Gasteiger partial charge < -0.3 is 14.8 Å². The minimum atomic E-state index is 0. The van der Waals surface area contributed by atoms with Crippen LogP contribution in [0.3, 0.4) is 0 Å². The maximum Gasteiger partial charge on any atom is 0.194 e. The number of aromatic nitrogens is 3. The third kappa shape index (κ3) is 5.03. The molecule has 1 aliphatic heterocycles. The van der Waals surface area contributed by atoms with E-state index in [1.54, 1.807) is 11.3 Å². The van der Waals surface area contributed by atoms with E-state index in [1.165, 1.54) is 10.4 Å². The minimum Gasteiger partial charge on any atom is -0.351 e. The van der Waals surface area contributed by atoms with E-state index < -0.39 is 0 Å². The van der Waals surface area contributed by atoms with Crippen molar-refractivity contribution in [2.45, 2.75) is 32.9 Å². The fourth-order valence-electron chi connectivity index (χ4n) is 3.88. The van der Waals surface area contributed by atoms with E-state index in [4.69, 9.17) is 4.98 Å². The molecule has 0 spiro atoms. The average Bonchev–Trinajstić information content (AvgIpc) is 3.40. The van der Waals surface area contributed by atoms with E-state index in [0.717, 1.165) is 42.7 Å². The second-order valence-corrected chi connectivity index (χ2v) is 8.67. The summed E-state index contributed by atoms with van der Waals surface area (Å²) in [7, 11) is 1.86. The highest BCUT2D eigenvalue weighted by molar-refractivity contribution is 14.0. The molecule has 0 aliphatic carbocycles. The van der Waals surface area contributed by atoms with Crippen molar-refractivity contribution in [3.63, 3.8) is 0 Å². The van der Waals surface area contributed by atoms with Crippen LogP contribution in [0.1, 0.15) is 30.0 Å². The van der Waals surface area contributed by atoms with Gasteiger partial charge in [-0.3, -0.25) is 4.99 Å². The quantitative estimate of drug-likeness (QED) is 0.301. The summed E-state index contributed by atoms with van der Waals surface area (Å²) in [6.45, 7) is 7.10. The van der Waals surface area contributed by atoms with Crippen molar-refractivity contribution >= 4 is 41.3 Å². The highest BCUT2D eigenvalue weighted by Gasteiger charge is 2.29. The predicted octanol–water partition coefficient (Wildman–Crippen LogP) is 4.59. The molecule has 2 atom stereocenters. The van der Waals surface area contributed by atoms with E-state index in [-0.39, 0.29) is 24.0 Å². The molecule has 2 aromatic heterocycles. The largest absolute Gasteiger partial charge is 0.351 e. The lowest BCUT2D eigenvalue weighted by Crippen LogP contribution is -2.48. The van der Waals surface area contributed by atoms with Crippen LogP contribution >= 0.6 is 35.3 Å². The monoisotopic (exact) mass is 536 g/mol. The number of guanidine groups is 1. The number of thiazole rings is 1. The molecule has 30 heavy (non-hydrogen) atoms. The second kappa shape index (κ2) is 10.4. The first-order chi connectivity index (χ1) is 14.2. The van der Waals surface area contributed by atoms with Gasteiger partial charge in [-0.05, 0) is 19.3 Å². The number of aliphatic imine (C=N–C) groups is 1. The zero-order valence-electron chi connectivity index (χ0n) is 17.7. The van der Waals surface area contributed by atoms with E-state index in [1.807, 2.05) is 25.6 Å². The van der Waals surface area contributed by atoms with Gasteiger partial charge in [0.2, 0.25) is 0 Å². The zero-order chi connectivity index (χ0) is 20.2. The molecule has 3 heterocycles. The van der Waals surface area contributed by atoms with Crippen LogP contribution in [0, 0.1) is 12.8 Å². The molecular formula is C22H29IN6S. The normalized spacial score (nSPS) is 19.4. The summed E-state index contributed by atoms with van der Waals surface area (Å²) < 4.78 is 2.23. The van der Waals surface area contributed by atoms with Crippen molar-refractivity contribution in [2.75, 3.05) is 20.1 Å². The molecule has 1 aliphatic rings. The van der Waals surface area contributed by atoms with E-state index >= 15 is 0 Å².